The van der Waals surface area contributed by atoms with Crippen LogP contribution in [0.25, 0.3) is 0 Å². The Morgan fingerprint density at radius 2 is 1.14 bits per heavy atom. The summed E-state index contributed by atoms with van der Waals surface area (Å²) in [5, 5.41) is 0. The van der Waals surface area contributed by atoms with Gasteiger partial charge in [0, 0.05) is 6.04 Å². The van der Waals surface area contributed by atoms with E-state index in [0.29, 0.717) is 0 Å². The molecule has 2 rings (SSSR count). The van der Waals surface area contributed by atoms with Crippen molar-refractivity contribution in [3.8, 4) is 0 Å². The molecule has 2 atom stereocenters. The van der Waals surface area contributed by atoms with Gasteiger partial charge >= 0.3 is 0 Å². The van der Waals surface area contributed by atoms with Gasteiger partial charge in [0.1, 0.15) is 0 Å². The number of aryl methyl sites for hydroxylation is 2. The third-order valence-corrected chi connectivity index (χ3v) is 7.28. The minimum Gasteiger partial charge on any atom is -0.207 e. The van der Waals surface area contributed by atoms with Crippen LogP contribution in [0.1, 0.15) is 25.0 Å². The summed E-state index contributed by atoms with van der Waals surface area (Å²) in [6.45, 7) is 7.10. The molecule has 2 aromatic carbocycles. The summed E-state index contributed by atoms with van der Waals surface area (Å²) in [5.74, 6) is 0. The molecule has 0 aliphatic heterocycles. The van der Waals surface area contributed by atoms with E-state index in [1.54, 1.807) is 50.3 Å². The van der Waals surface area contributed by atoms with E-state index in [0.717, 1.165) is 11.1 Å². The Bertz CT molecular complexity index is 1030. The van der Waals surface area contributed by atoms with Crippen molar-refractivity contribution >= 4 is 20.0 Å². The Balaban J connectivity index is 2.22. The number of hydrogen-bond acceptors (Lipinski definition) is 4. The molecule has 0 bridgehead atoms. The van der Waals surface area contributed by atoms with Crippen LogP contribution in [0.4, 0.5) is 0 Å². The monoisotopic (exact) mass is 422 g/mol. The van der Waals surface area contributed by atoms with E-state index in [-0.39, 0.29) is 9.79 Å². The van der Waals surface area contributed by atoms with Crippen molar-refractivity contribution in [3.63, 3.8) is 0 Å². The molecule has 0 heterocycles. The van der Waals surface area contributed by atoms with Crippen LogP contribution in [0, 0.1) is 13.8 Å². The van der Waals surface area contributed by atoms with Crippen molar-refractivity contribution in [1.82, 2.24) is 9.44 Å². The Morgan fingerprint density at radius 3 is 1.54 bits per heavy atom. The standard InChI is InChI=1S/C20H26N2O4S2/c1-5-6-20(22-28(25,26)19-13-9-16(3)10-14-19)17(4)21-27(23,24)18-11-7-15(2)8-12-18/h5-14,17,20-22H,1-4H3/b6-5+/t17-,20-/m0/s1. The number of benzene rings is 2. The minimum atomic E-state index is -3.81. The van der Waals surface area contributed by atoms with Gasteiger partial charge in [0.05, 0.1) is 15.8 Å². The second-order valence-electron chi connectivity index (χ2n) is 6.71. The highest BCUT2D eigenvalue weighted by Gasteiger charge is 2.26. The number of allylic oxidation sites excluding steroid dienone is 1. The molecule has 2 aromatic rings. The maximum Gasteiger partial charge on any atom is 0.241 e. The number of rotatable bonds is 8. The molecule has 6 nitrogen and oxygen atoms in total. The lowest BCUT2D eigenvalue weighted by Gasteiger charge is -2.23. The number of sulfonamides is 2. The number of hydrogen-bond donors (Lipinski definition) is 2. The highest BCUT2D eigenvalue weighted by molar-refractivity contribution is 7.90. The molecule has 0 saturated carbocycles. The van der Waals surface area contributed by atoms with Gasteiger partial charge in [0.25, 0.3) is 0 Å². The van der Waals surface area contributed by atoms with E-state index in [1.807, 2.05) is 13.8 Å². The van der Waals surface area contributed by atoms with Crippen LogP contribution in [0.2, 0.25) is 0 Å². The quantitative estimate of drug-likeness (QED) is 0.640. The molecular formula is C20H26N2O4S2. The maximum atomic E-state index is 12.7. The lowest BCUT2D eigenvalue weighted by Crippen LogP contribution is -2.49. The number of nitrogens with one attached hydrogen (secondary N) is 2. The first-order valence-corrected chi connectivity index (χ1v) is 11.8. The molecule has 0 radical (unpaired) electrons. The van der Waals surface area contributed by atoms with Gasteiger partial charge in [0.15, 0.2) is 0 Å². The summed E-state index contributed by atoms with van der Waals surface area (Å²) in [5.41, 5.74) is 1.90. The lowest BCUT2D eigenvalue weighted by atomic mass is 10.1. The van der Waals surface area contributed by atoms with E-state index in [4.69, 9.17) is 0 Å². The van der Waals surface area contributed by atoms with E-state index in [1.165, 1.54) is 24.3 Å². The van der Waals surface area contributed by atoms with Crippen LogP contribution >= 0.6 is 0 Å². The summed E-state index contributed by atoms with van der Waals surface area (Å²) < 4.78 is 55.7. The molecule has 2 N–H and O–H groups in total. The third kappa shape index (κ3) is 5.75. The highest BCUT2D eigenvalue weighted by atomic mass is 32.2. The summed E-state index contributed by atoms with van der Waals surface area (Å²) >= 11 is 0. The average molecular weight is 423 g/mol. The molecule has 0 aromatic heterocycles. The van der Waals surface area contributed by atoms with Gasteiger partial charge in [-0.1, -0.05) is 47.5 Å². The largest absolute Gasteiger partial charge is 0.241 e. The fourth-order valence-corrected chi connectivity index (χ4v) is 5.12. The minimum absolute atomic E-state index is 0.126. The van der Waals surface area contributed by atoms with Crippen molar-refractivity contribution in [2.24, 2.45) is 0 Å². The fourth-order valence-electron chi connectivity index (χ4n) is 2.58. The summed E-state index contributed by atoms with van der Waals surface area (Å²) in [6.07, 6.45) is 3.30. The summed E-state index contributed by atoms with van der Waals surface area (Å²) in [7, 11) is -7.59. The zero-order valence-corrected chi connectivity index (χ0v) is 18.0. The molecule has 0 spiro atoms. The summed E-state index contributed by atoms with van der Waals surface area (Å²) in [4.78, 5) is 0.256. The summed E-state index contributed by atoms with van der Waals surface area (Å²) in [6, 6.07) is 11.5. The molecule has 8 heteroatoms. The van der Waals surface area contributed by atoms with Crippen LogP contribution in [0.3, 0.4) is 0 Å². The van der Waals surface area contributed by atoms with E-state index < -0.39 is 32.1 Å². The van der Waals surface area contributed by atoms with Crippen LogP contribution in [0.5, 0.6) is 0 Å². The fraction of sp³-hybridized carbons (Fsp3) is 0.300. The molecular weight excluding hydrogens is 396 g/mol. The van der Waals surface area contributed by atoms with Crippen LogP contribution in [-0.2, 0) is 20.0 Å². The van der Waals surface area contributed by atoms with Crippen LogP contribution in [-0.4, -0.2) is 28.9 Å². The highest BCUT2D eigenvalue weighted by Crippen LogP contribution is 2.14. The molecule has 0 unspecified atom stereocenters. The van der Waals surface area contributed by atoms with Crippen LogP contribution < -0.4 is 9.44 Å². The molecule has 152 valence electrons. The normalized spacial score (nSPS) is 14.9. The van der Waals surface area contributed by atoms with E-state index >= 15 is 0 Å². The van der Waals surface area contributed by atoms with Crippen molar-refractivity contribution in [1.29, 1.82) is 0 Å². The van der Waals surface area contributed by atoms with Gasteiger partial charge in [0.2, 0.25) is 20.0 Å². The topological polar surface area (TPSA) is 92.3 Å². The van der Waals surface area contributed by atoms with Crippen molar-refractivity contribution in [3.05, 3.63) is 71.8 Å². The predicted molar refractivity (Wildman–Crippen MR) is 111 cm³/mol. The zero-order chi connectivity index (χ0) is 20.9. The first-order chi connectivity index (χ1) is 13.0. The predicted octanol–water partition coefficient (Wildman–Crippen LogP) is 2.89. The first kappa shape index (κ1) is 22.3. The van der Waals surface area contributed by atoms with Crippen LogP contribution in [0.15, 0.2) is 70.5 Å². The van der Waals surface area contributed by atoms with E-state index in [2.05, 4.69) is 9.44 Å². The second-order valence-corrected chi connectivity index (χ2v) is 10.1. The molecule has 0 amide bonds. The second kappa shape index (κ2) is 9.00. The van der Waals surface area contributed by atoms with Gasteiger partial charge in [-0.15, -0.1) is 0 Å². The molecule has 0 fully saturated rings. The molecule has 0 aliphatic rings. The maximum absolute atomic E-state index is 12.7. The Labute approximate surface area is 167 Å². The smallest absolute Gasteiger partial charge is 0.207 e. The lowest BCUT2D eigenvalue weighted by molar-refractivity contribution is 0.510. The van der Waals surface area contributed by atoms with Gasteiger partial charge < -0.3 is 0 Å². The third-order valence-electron chi connectivity index (χ3n) is 4.23. The molecule has 28 heavy (non-hydrogen) atoms. The van der Waals surface area contributed by atoms with Gasteiger partial charge in [-0.25, -0.2) is 26.3 Å². The van der Waals surface area contributed by atoms with Crippen molar-refractivity contribution in [2.45, 2.75) is 49.6 Å². The Morgan fingerprint density at radius 1 is 0.750 bits per heavy atom. The first-order valence-electron chi connectivity index (χ1n) is 8.86. The van der Waals surface area contributed by atoms with Gasteiger partial charge in [-0.2, -0.15) is 0 Å². The average Bonchev–Trinajstić information content (AvgIpc) is 2.61. The Hall–Kier alpha value is -2.00. The molecule has 0 saturated heterocycles. The van der Waals surface area contributed by atoms with Crippen molar-refractivity contribution < 1.29 is 16.8 Å². The molecule has 0 aliphatic carbocycles. The Kier molecular flexibility index (Phi) is 7.16. The van der Waals surface area contributed by atoms with Crippen molar-refractivity contribution in [2.75, 3.05) is 0 Å². The van der Waals surface area contributed by atoms with Gasteiger partial charge in [-0.05, 0) is 52.0 Å². The van der Waals surface area contributed by atoms with Gasteiger partial charge in [-0.3, -0.25) is 0 Å². The van der Waals surface area contributed by atoms with E-state index in [9.17, 15) is 16.8 Å². The zero-order valence-electron chi connectivity index (χ0n) is 16.4. The SMILES string of the molecule is C/C=C/[C@H](NS(=O)(=O)c1ccc(C)cc1)[C@H](C)NS(=O)(=O)c1ccc(C)cc1.